The van der Waals surface area contributed by atoms with Gasteiger partial charge in [-0.25, -0.2) is 9.59 Å². The summed E-state index contributed by atoms with van der Waals surface area (Å²) in [5.74, 6) is -1.50. The molecule has 1 heterocycles. The molecule has 0 atom stereocenters. The van der Waals surface area contributed by atoms with Crippen molar-refractivity contribution in [3.05, 3.63) is 35.6 Å². The molecule has 118 valence electrons. The number of fused-ring (bicyclic) bond motifs is 1. The zero-order valence-corrected chi connectivity index (χ0v) is 12.4. The van der Waals surface area contributed by atoms with E-state index in [-0.39, 0.29) is 11.3 Å². The fourth-order valence-corrected chi connectivity index (χ4v) is 2.03. The minimum absolute atomic E-state index is 0.122. The molecule has 0 fully saturated rings. The summed E-state index contributed by atoms with van der Waals surface area (Å²) in [6.45, 7) is -0.423. The van der Waals surface area contributed by atoms with Crippen LogP contribution in [0.15, 0.2) is 28.7 Å². The number of carbonyl (C=O) groups is 2. The average molecular weight is 328 g/mol. The number of carbonyl (C=O) groups excluding carboxylic acids is 2. The molecule has 9 heteroatoms. The normalized spacial score (nSPS) is 11.4. The number of hydrogen-bond acceptors (Lipinski definition) is 6. The van der Waals surface area contributed by atoms with Gasteiger partial charge in [-0.3, -0.25) is 4.57 Å². The molecule has 2 aromatic rings. The van der Waals surface area contributed by atoms with Crippen molar-refractivity contribution in [2.45, 2.75) is 0 Å². The number of methoxy groups -OCH3 is 1. The second-order valence-corrected chi connectivity index (χ2v) is 6.16. The van der Waals surface area contributed by atoms with Gasteiger partial charge in [0, 0.05) is 5.39 Å². The molecular formula is C13H13O8P. The number of furan rings is 1. The minimum atomic E-state index is -4.22. The molecule has 0 bridgehead atoms. The standard InChI is InChI=1S/C13H13O8P/c1-19-12(14)9-3-2-8-6-11(21-10(8)7-9)13(15)20-4-5-22(16,17)18/h2-3,6-7H,4-5H2,1H3,(H2,16,17,18). The van der Waals surface area contributed by atoms with Crippen LogP contribution in [0.5, 0.6) is 0 Å². The van der Waals surface area contributed by atoms with Crippen molar-refractivity contribution in [1.82, 2.24) is 0 Å². The van der Waals surface area contributed by atoms with E-state index in [9.17, 15) is 14.2 Å². The van der Waals surface area contributed by atoms with E-state index in [0.717, 1.165) is 0 Å². The molecule has 0 saturated carbocycles. The molecule has 0 radical (unpaired) electrons. The molecule has 0 spiro atoms. The number of esters is 2. The van der Waals surface area contributed by atoms with Gasteiger partial charge in [0.1, 0.15) is 12.2 Å². The van der Waals surface area contributed by atoms with Crippen LogP contribution >= 0.6 is 7.60 Å². The van der Waals surface area contributed by atoms with Crippen molar-refractivity contribution < 1.29 is 37.8 Å². The minimum Gasteiger partial charge on any atom is -0.465 e. The zero-order chi connectivity index (χ0) is 16.3. The van der Waals surface area contributed by atoms with Crippen molar-refractivity contribution in [3.63, 3.8) is 0 Å². The van der Waals surface area contributed by atoms with Gasteiger partial charge in [0.05, 0.1) is 18.8 Å². The number of rotatable bonds is 5. The molecule has 0 unspecified atom stereocenters. The van der Waals surface area contributed by atoms with Gasteiger partial charge in [0.25, 0.3) is 0 Å². The molecule has 2 rings (SSSR count). The Morgan fingerprint density at radius 1 is 1.23 bits per heavy atom. The average Bonchev–Trinajstić information content (AvgIpc) is 2.87. The summed E-state index contributed by atoms with van der Waals surface area (Å²) in [6.07, 6.45) is -0.564. The summed E-state index contributed by atoms with van der Waals surface area (Å²) in [5.41, 5.74) is 0.565. The van der Waals surface area contributed by atoms with Gasteiger partial charge in [-0.2, -0.15) is 0 Å². The Hall–Kier alpha value is -2.15. The summed E-state index contributed by atoms with van der Waals surface area (Å²) in [4.78, 5) is 40.5. The molecule has 8 nitrogen and oxygen atoms in total. The van der Waals surface area contributed by atoms with Crippen molar-refractivity contribution in [3.8, 4) is 0 Å². The van der Waals surface area contributed by atoms with Gasteiger partial charge in [-0.05, 0) is 18.2 Å². The van der Waals surface area contributed by atoms with Gasteiger partial charge in [-0.15, -0.1) is 0 Å². The number of benzene rings is 1. The summed E-state index contributed by atoms with van der Waals surface area (Å²) in [6, 6.07) is 5.94. The molecule has 0 saturated heterocycles. The van der Waals surface area contributed by atoms with Gasteiger partial charge in [-0.1, -0.05) is 6.07 Å². The van der Waals surface area contributed by atoms with Crippen LogP contribution < -0.4 is 0 Å². The fraction of sp³-hybridized carbons (Fsp3) is 0.231. The van der Waals surface area contributed by atoms with Crippen LogP contribution in [-0.4, -0.2) is 41.6 Å². The Morgan fingerprint density at radius 2 is 1.95 bits per heavy atom. The lowest BCUT2D eigenvalue weighted by Gasteiger charge is -2.03. The highest BCUT2D eigenvalue weighted by atomic mass is 31.2. The van der Waals surface area contributed by atoms with E-state index in [1.54, 1.807) is 6.07 Å². The van der Waals surface area contributed by atoms with E-state index in [0.29, 0.717) is 11.0 Å². The quantitative estimate of drug-likeness (QED) is 0.626. The molecule has 0 aliphatic rings. The third-order valence-electron chi connectivity index (χ3n) is 2.76. The first-order chi connectivity index (χ1) is 10.3. The highest BCUT2D eigenvalue weighted by molar-refractivity contribution is 7.51. The number of hydrogen-bond donors (Lipinski definition) is 2. The van der Waals surface area contributed by atoms with Crippen molar-refractivity contribution in [2.75, 3.05) is 19.9 Å². The summed E-state index contributed by atoms with van der Waals surface area (Å²) in [5, 5.41) is 0.578. The Balaban J connectivity index is 2.13. The first kappa shape index (κ1) is 16.2. The van der Waals surface area contributed by atoms with E-state index in [1.807, 2.05) is 0 Å². The molecule has 0 aliphatic heterocycles. The first-order valence-corrected chi connectivity index (χ1v) is 7.93. The zero-order valence-electron chi connectivity index (χ0n) is 11.5. The molecular weight excluding hydrogens is 315 g/mol. The maximum atomic E-state index is 11.7. The van der Waals surface area contributed by atoms with E-state index < -0.39 is 32.3 Å². The van der Waals surface area contributed by atoms with Crippen LogP contribution in [-0.2, 0) is 14.0 Å². The van der Waals surface area contributed by atoms with Crippen LogP contribution in [0.25, 0.3) is 11.0 Å². The van der Waals surface area contributed by atoms with Crippen LogP contribution in [0.2, 0.25) is 0 Å². The van der Waals surface area contributed by atoms with E-state index in [4.69, 9.17) is 18.9 Å². The van der Waals surface area contributed by atoms with Crippen LogP contribution in [0.3, 0.4) is 0 Å². The van der Waals surface area contributed by atoms with E-state index in [2.05, 4.69) is 4.74 Å². The van der Waals surface area contributed by atoms with Crippen molar-refractivity contribution in [2.24, 2.45) is 0 Å². The Kier molecular flexibility index (Phi) is 4.65. The van der Waals surface area contributed by atoms with Gasteiger partial charge in [0.15, 0.2) is 0 Å². The summed E-state index contributed by atoms with van der Waals surface area (Å²) >= 11 is 0. The molecule has 2 N–H and O–H groups in total. The second-order valence-electron chi connectivity index (χ2n) is 4.38. The predicted octanol–water partition coefficient (Wildman–Crippen LogP) is 1.55. The molecule has 0 aliphatic carbocycles. The topological polar surface area (TPSA) is 123 Å². The lowest BCUT2D eigenvalue weighted by atomic mass is 10.2. The predicted molar refractivity (Wildman–Crippen MR) is 74.7 cm³/mol. The largest absolute Gasteiger partial charge is 0.465 e. The Labute approximate surface area is 124 Å². The van der Waals surface area contributed by atoms with E-state index >= 15 is 0 Å². The molecule has 22 heavy (non-hydrogen) atoms. The summed E-state index contributed by atoms with van der Waals surface area (Å²) < 4.78 is 25.2. The smallest absolute Gasteiger partial charge is 0.374 e. The molecule has 1 aromatic carbocycles. The number of ether oxygens (including phenoxy) is 2. The van der Waals surface area contributed by atoms with Crippen molar-refractivity contribution >= 4 is 30.5 Å². The highest BCUT2D eigenvalue weighted by Crippen LogP contribution is 2.33. The Morgan fingerprint density at radius 3 is 2.59 bits per heavy atom. The first-order valence-electron chi connectivity index (χ1n) is 6.14. The van der Waals surface area contributed by atoms with Crippen LogP contribution in [0, 0.1) is 0 Å². The highest BCUT2D eigenvalue weighted by Gasteiger charge is 2.18. The van der Waals surface area contributed by atoms with Gasteiger partial charge in [0.2, 0.25) is 5.76 Å². The molecule has 0 amide bonds. The van der Waals surface area contributed by atoms with Gasteiger partial charge < -0.3 is 23.7 Å². The van der Waals surface area contributed by atoms with Gasteiger partial charge >= 0.3 is 19.5 Å². The maximum Gasteiger partial charge on any atom is 0.374 e. The summed E-state index contributed by atoms with van der Waals surface area (Å²) in [7, 11) is -2.97. The maximum absolute atomic E-state index is 11.7. The molecule has 1 aromatic heterocycles. The second kappa shape index (κ2) is 6.31. The third kappa shape index (κ3) is 3.94. The van der Waals surface area contributed by atoms with Crippen LogP contribution in [0.1, 0.15) is 20.9 Å². The SMILES string of the molecule is COC(=O)c1ccc2cc(C(=O)OCCP(=O)(O)O)oc2c1. The third-order valence-corrected chi connectivity index (χ3v) is 3.52. The van der Waals surface area contributed by atoms with E-state index in [1.165, 1.54) is 25.3 Å². The Bertz CT molecular complexity index is 756. The lowest BCUT2D eigenvalue weighted by molar-refractivity contribution is 0.0491. The van der Waals surface area contributed by atoms with Crippen molar-refractivity contribution in [1.29, 1.82) is 0 Å². The fourth-order valence-electron chi connectivity index (χ4n) is 1.70. The van der Waals surface area contributed by atoms with Crippen LogP contribution in [0.4, 0.5) is 0 Å². The lowest BCUT2D eigenvalue weighted by Crippen LogP contribution is -2.08. The monoisotopic (exact) mass is 328 g/mol.